The van der Waals surface area contributed by atoms with E-state index >= 15 is 0 Å². The van der Waals surface area contributed by atoms with Gasteiger partial charge < -0.3 is 20.1 Å². The highest BCUT2D eigenvalue weighted by molar-refractivity contribution is 5.91. The first-order valence-electron chi connectivity index (χ1n) is 8.22. The Bertz CT molecular complexity index is 510. The summed E-state index contributed by atoms with van der Waals surface area (Å²) in [7, 11) is 0. The minimum atomic E-state index is -0.154. The van der Waals surface area contributed by atoms with E-state index < -0.39 is 0 Å². The topological polar surface area (TPSA) is 61.8 Å². The number of hydrogen-bond acceptors (Lipinski definition) is 3. The van der Waals surface area contributed by atoms with Crippen LogP contribution in [0.2, 0.25) is 0 Å². The molecule has 2 aliphatic rings. The predicted octanol–water partition coefficient (Wildman–Crippen LogP) is 3.00. The van der Waals surface area contributed by atoms with Crippen LogP contribution in [0.1, 0.15) is 38.5 Å². The highest BCUT2D eigenvalue weighted by Gasteiger charge is 2.32. The molecule has 3 rings (SSSR count). The van der Waals surface area contributed by atoms with E-state index in [2.05, 4.69) is 5.32 Å². The lowest BCUT2D eigenvalue weighted by atomic mass is 10.2. The van der Waals surface area contributed by atoms with Gasteiger partial charge >= 0.3 is 6.03 Å². The van der Waals surface area contributed by atoms with Gasteiger partial charge in [0.1, 0.15) is 5.75 Å². The summed E-state index contributed by atoms with van der Waals surface area (Å²) >= 11 is 0. The second-order valence-electron chi connectivity index (χ2n) is 6.10. The van der Waals surface area contributed by atoms with Crippen LogP contribution in [0, 0.1) is 0 Å². The molecule has 2 fully saturated rings. The summed E-state index contributed by atoms with van der Waals surface area (Å²) in [5.74, 6) is 0.738. The Morgan fingerprint density at radius 1 is 1.23 bits per heavy atom. The number of anilines is 1. The van der Waals surface area contributed by atoms with E-state index in [-0.39, 0.29) is 24.8 Å². The number of urea groups is 1. The van der Waals surface area contributed by atoms with Crippen LogP contribution in [-0.2, 0) is 0 Å². The molecule has 22 heavy (non-hydrogen) atoms. The van der Waals surface area contributed by atoms with Gasteiger partial charge in [-0.1, -0.05) is 12.1 Å². The summed E-state index contributed by atoms with van der Waals surface area (Å²) < 4.78 is 6.04. The molecular formula is C17H24N2O3. The first kappa shape index (κ1) is 15.2. The van der Waals surface area contributed by atoms with Crippen LogP contribution in [0.5, 0.6) is 5.75 Å². The van der Waals surface area contributed by atoms with Crippen molar-refractivity contribution in [2.75, 3.05) is 18.5 Å². The number of ether oxygens (including phenoxy) is 1. The molecule has 5 heteroatoms. The maximum absolute atomic E-state index is 12.4. The number of rotatable bonds is 6. The van der Waals surface area contributed by atoms with Crippen LogP contribution in [-0.4, -0.2) is 41.3 Å². The Labute approximate surface area is 131 Å². The normalized spacial score (nSPS) is 18.2. The van der Waals surface area contributed by atoms with Gasteiger partial charge in [-0.25, -0.2) is 4.79 Å². The minimum absolute atomic E-state index is 0.00978. The second-order valence-corrected chi connectivity index (χ2v) is 6.10. The quantitative estimate of drug-likeness (QED) is 0.849. The third-order valence-corrected chi connectivity index (χ3v) is 4.31. The zero-order valence-electron chi connectivity index (χ0n) is 12.8. The monoisotopic (exact) mass is 304 g/mol. The van der Waals surface area contributed by atoms with Crippen LogP contribution in [0.25, 0.3) is 0 Å². The number of para-hydroxylation sites is 2. The number of carbonyl (C=O) groups is 1. The van der Waals surface area contributed by atoms with E-state index in [9.17, 15) is 4.79 Å². The fraction of sp³-hybridized carbons (Fsp3) is 0.588. The molecule has 2 saturated carbocycles. The Morgan fingerprint density at radius 3 is 2.64 bits per heavy atom. The van der Waals surface area contributed by atoms with Crippen LogP contribution in [0.15, 0.2) is 24.3 Å². The summed E-state index contributed by atoms with van der Waals surface area (Å²) in [5.41, 5.74) is 0.711. The van der Waals surface area contributed by atoms with Gasteiger partial charge in [-0.3, -0.25) is 0 Å². The van der Waals surface area contributed by atoms with Crippen LogP contribution >= 0.6 is 0 Å². The van der Waals surface area contributed by atoms with E-state index in [1.165, 1.54) is 12.8 Å². The Morgan fingerprint density at radius 2 is 1.95 bits per heavy atom. The summed E-state index contributed by atoms with van der Waals surface area (Å²) in [6.45, 7) is 0.367. The number of carbonyl (C=O) groups excluding carboxylic acids is 1. The maximum Gasteiger partial charge on any atom is 0.322 e. The van der Waals surface area contributed by atoms with Gasteiger partial charge in [-0.15, -0.1) is 0 Å². The van der Waals surface area contributed by atoms with Gasteiger partial charge in [0.05, 0.1) is 18.4 Å². The standard InChI is InChI=1S/C17H24N2O3/c20-12-11-19(13-9-10-13)17(21)18-15-7-3-4-8-16(15)22-14-5-1-2-6-14/h3-4,7-8,13-14,20H,1-2,5-6,9-12H2,(H,18,21). The molecule has 2 amide bonds. The number of hydrogen-bond donors (Lipinski definition) is 2. The zero-order chi connectivity index (χ0) is 15.4. The van der Waals surface area contributed by atoms with Crippen molar-refractivity contribution >= 4 is 11.7 Å². The van der Waals surface area contributed by atoms with E-state index in [1.807, 2.05) is 24.3 Å². The molecule has 2 aliphatic carbocycles. The number of nitrogens with zero attached hydrogens (tertiary/aromatic N) is 1. The van der Waals surface area contributed by atoms with Gasteiger partial charge in [-0.2, -0.15) is 0 Å². The molecule has 0 saturated heterocycles. The molecule has 2 N–H and O–H groups in total. The highest BCUT2D eigenvalue weighted by atomic mass is 16.5. The summed E-state index contributed by atoms with van der Waals surface area (Å²) in [5, 5.41) is 12.1. The van der Waals surface area contributed by atoms with Gasteiger partial charge in [0.15, 0.2) is 0 Å². The van der Waals surface area contributed by atoms with E-state index in [4.69, 9.17) is 9.84 Å². The van der Waals surface area contributed by atoms with Crippen LogP contribution in [0.3, 0.4) is 0 Å². The molecule has 0 heterocycles. The number of amides is 2. The molecule has 0 radical (unpaired) electrons. The van der Waals surface area contributed by atoms with E-state index in [1.54, 1.807) is 4.90 Å². The lowest BCUT2D eigenvalue weighted by molar-refractivity contribution is 0.184. The largest absolute Gasteiger partial charge is 0.488 e. The Hall–Kier alpha value is -1.75. The van der Waals surface area contributed by atoms with Gasteiger partial charge in [0.25, 0.3) is 0 Å². The summed E-state index contributed by atoms with van der Waals surface area (Å²) in [6, 6.07) is 7.71. The third kappa shape index (κ3) is 3.71. The second kappa shape index (κ2) is 7.01. The molecule has 0 atom stereocenters. The average molecular weight is 304 g/mol. The molecule has 0 aromatic heterocycles. The van der Waals surface area contributed by atoms with Gasteiger partial charge in [0, 0.05) is 12.6 Å². The van der Waals surface area contributed by atoms with E-state index in [0.717, 1.165) is 31.4 Å². The first-order chi connectivity index (χ1) is 10.8. The van der Waals surface area contributed by atoms with Crippen molar-refractivity contribution in [2.45, 2.75) is 50.7 Å². The Balaban J connectivity index is 1.66. The highest BCUT2D eigenvalue weighted by Crippen LogP contribution is 2.31. The van der Waals surface area contributed by atoms with Crippen molar-refractivity contribution in [1.82, 2.24) is 4.90 Å². The predicted molar refractivity (Wildman–Crippen MR) is 85.2 cm³/mol. The molecule has 0 bridgehead atoms. The molecule has 1 aromatic carbocycles. The summed E-state index contributed by atoms with van der Waals surface area (Å²) in [4.78, 5) is 14.1. The molecule has 5 nitrogen and oxygen atoms in total. The number of benzene rings is 1. The van der Waals surface area contributed by atoms with Crippen molar-refractivity contribution in [3.05, 3.63) is 24.3 Å². The SMILES string of the molecule is O=C(Nc1ccccc1OC1CCCC1)N(CCO)C1CC1. The lowest BCUT2D eigenvalue weighted by Crippen LogP contribution is -2.38. The van der Waals surface area contributed by atoms with Crippen molar-refractivity contribution in [2.24, 2.45) is 0 Å². The number of nitrogens with one attached hydrogen (secondary N) is 1. The van der Waals surface area contributed by atoms with Crippen LogP contribution in [0.4, 0.5) is 10.5 Å². The van der Waals surface area contributed by atoms with Crippen molar-refractivity contribution in [1.29, 1.82) is 0 Å². The first-order valence-corrected chi connectivity index (χ1v) is 8.22. The average Bonchev–Trinajstić information content (AvgIpc) is 3.23. The molecule has 0 aliphatic heterocycles. The number of aliphatic hydroxyl groups is 1. The molecule has 120 valence electrons. The molecule has 1 aromatic rings. The van der Waals surface area contributed by atoms with Crippen molar-refractivity contribution in [3.8, 4) is 5.75 Å². The fourth-order valence-corrected chi connectivity index (χ4v) is 2.99. The molecule has 0 spiro atoms. The maximum atomic E-state index is 12.4. The van der Waals surface area contributed by atoms with Crippen molar-refractivity contribution in [3.63, 3.8) is 0 Å². The zero-order valence-corrected chi connectivity index (χ0v) is 12.8. The van der Waals surface area contributed by atoms with Gasteiger partial charge in [0.2, 0.25) is 0 Å². The third-order valence-electron chi connectivity index (χ3n) is 4.31. The number of aliphatic hydroxyl groups excluding tert-OH is 1. The minimum Gasteiger partial charge on any atom is -0.488 e. The molecule has 0 unspecified atom stereocenters. The van der Waals surface area contributed by atoms with Crippen molar-refractivity contribution < 1.29 is 14.6 Å². The van der Waals surface area contributed by atoms with Gasteiger partial charge in [-0.05, 0) is 50.7 Å². The van der Waals surface area contributed by atoms with E-state index in [0.29, 0.717) is 12.2 Å². The summed E-state index contributed by atoms with van der Waals surface area (Å²) in [6.07, 6.45) is 6.90. The molecular weight excluding hydrogens is 280 g/mol. The van der Waals surface area contributed by atoms with Crippen LogP contribution < -0.4 is 10.1 Å². The Kier molecular flexibility index (Phi) is 4.83. The fourth-order valence-electron chi connectivity index (χ4n) is 2.99. The smallest absolute Gasteiger partial charge is 0.322 e. The lowest BCUT2D eigenvalue weighted by Gasteiger charge is -2.23.